The lowest BCUT2D eigenvalue weighted by molar-refractivity contribution is -0.136. The maximum atomic E-state index is 13.2. The molecule has 1 aromatic heterocycles. The second kappa shape index (κ2) is 11.2. The summed E-state index contributed by atoms with van der Waals surface area (Å²) < 4.78 is 1.63. The molecule has 4 aromatic rings. The first-order valence-electron chi connectivity index (χ1n) is 13.3. The van der Waals surface area contributed by atoms with Crippen molar-refractivity contribution in [1.82, 2.24) is 9.47 Å². The van der Waals surface area contributed by atoms with E-state index < -0.39 is 5.60 Å². The molecule has 5 nitrogen and oxygen atoms in total. The molecule has 0 bridgehead atoms. The average Bonchev–Trinajstić information content (AvgIpc) is 2.95. The monoisotopic (exact) mass is 506 g/mol. The van der Waals surface area contributed by atoms with E-state index in [4.69, 9.17) is 0 Å². The lowest BCUT2D eigenvalue weighted by atomic mass is 9.90. The molecule has 1 fully saturated rings. The van der Waals surface area contributed by atoms with Crippen LogP contribution in [0.3, 0.4) is 0 Å². The number of piperidine rings is 1. The number of pyridine rings is 1. The van der Waals surface area contributed by atoms with E-state index in [-0.39, 0.29) is 23.9 Å². The van der Waals surface area contributed by atoms with Gasteiger partial charge in [0.1, 0.15) is 0 Å². The molecule has 2 heterocycles. The zero-order valence-electron chi connectivity index (χ0n) is 21.8. The minimum atomic E-state index is -1.05. The van der Waals surface area contributed by atoms with Crippen molar-refractivity contribution in [3.63, 3.8) is 0 Å². The summed E-state index contributed by atoms with van der Waals surface area (Å²) in [6, 6.07) is 31.7. The van der Waals surface area contributed by atoms with Crippen molar-refractivity contribution in [1.29, 1.82) is 0 Å². The zero-order valence-corrected chi connectivity index (χ0v) is 21.8. The van der Waals surface area contributed by atoms with Gasteiger partial charge in [0.05, 0.1) is 12.1 Å². The molecule has 1 aliphatic heterocycles. The van der Waals surface area contributed by atoms with Crippen LogP contribution in [0.1, 0.15) is 37.7 Å². The molecule has 0 radical (unpaired) electrons. The Morgan fingerprint density at radius 3 is 1.95 bits per heavy atom. The molecule has 0 saturated carbocycles. The molecule has 0 spiro atoms. The van der Waals surface area contributed by atoms with Crippen LogP contribution in [0.4, 0.5) is 0 Å². The van der Waals surface area contributed by atoms with Gasteiger partial charge >= 0.3 is 0 Å². The quantitative estimate of drug-likeness (QED) is 0.348. The summed E-state index contributed by atoms with van der Waals surface area (Å²) in [7, 11) is 0. The SMILES string of the molecule is C[C@H](CC(=O)N1CCC(O)(Cn2cc(-c3ccccc3)c(-c3ccccc3)cc2=O)CC1)c1ccccc1. The number of hydrogen-bond donors (Lipinski definition) is 1. The molecule has 1 amide bonds. The van der Waals surface area contributed by atoms with Crippen LogP contribution in [0, 0.1) is 0 Å². The second-order valence-electron chi connectivity index (χ2n) is 10.4. The predicted molar refractivity (Wildman–Crippen MR) is 152 cm³/mol. The van der Waals surface area contributed by atoms with Crippen molar-refractivity contribution in [2.75, 3.05) is 13.1 Å². The van der Waals surface area contributed by atoms with Gasteiger partial charge in [0, 0.05) is 37.3 Å². The van der Waals surface area contributed by atoms with Crippen molar-refractivity contribution in [2.24, 2.45) is 0 Å². The highest BCUT2D eigenvalue weighted by Gasteiger charge is 2.35. The molecular formula is C33H34N2O3. The number of nitrogens with zero attached hydrogens (tertiary/aromatic N) is 2. The van der Waals surface area contributed by atoms with Crippen molar-refractivity contribution >= 4 is 5.91 Å². The van der Waals surface area contributed by atoms with Gasteiger partial charge in [-0.1, -0.05) is 97.9 Å². The van der Waals surface area contributed by atoms with E-state index in [9.17, 15) is 14.7 Å². The van der Waals surface area contributed by atoms with Gasteiger partial charge in [-0.3, -0.25) is 9.59 Å². The Labute approximate surface area is 224 Å². The normalized spacial score (nSPS) is 15.7. The van der Waals surface area contributed by atoms with Gasteiger partial charge < -0.3 is 14.6 Å². The van der Waals surface area contributed by atoms with Gasteiger partial charge in [-0.05, 0) is 41.0 Å². The molecule has 3 aromatic carbocycles. The number of hydrogen-bond acceptors (Lipinski definition) is 3. The number of rotatable bonds is 7. The summed E-state index contributed by atoms with van der Waals surface area (Å²) >= 11 is 0. The highest BCUT2D eigenvalue weighted by molar-refractivity contribution is 5.82. The molecule has 1 atom stereocenters. The average molecular weight is 507 g/mol. The lowest BCUT2D eigenvalue weighted by Crippen LogP contribution is -2.49. The van der Waals surface area contributed by atoms with E-state index in [0.29, 0.717) is 32.4 Å². The Morgan fingerprint density at radius 1 is 0.842 bits per heavy atom. The topological polar surface area (TPSA) is 62.5 Å². The van der Waals surface area contributed by atoms with E-state index in [1.165, 1.54) is 0 Å². The Balaban J connectivity index is 1.32. The van der Waals surface area contributed by atoms with E-state index in [0.717, 1.165) is 27.8 Å². The van der Waals surface area contributed by atoms with Crippen molar-refractivity contribution in [3.05, 3.63) is 119 Å². The number of likely N-dealkylation sites (tertiary alicyclic amines) is 1. The summed E-state index contributed by atoms with van der Waals surface area (Å²) in [5.41, 5.74) is 3.77. The summed E-state index contributed by atoms with van der Waals surface area (Å²) in [4.78, 5) is 28.0. The molecule has 0 aliphatic carbocycles. The molecule has 0 unspecified atom stereocenters. The Hall–Kier alpha value is -3.96. The molecular weight excluding hydrogens is 472 g/mol. The van der Waals surface area contributed by atoms with Crippen LogP contribution >= 0.6 is 0 Å². The third-order valence-corrected chi connectivity index (χ3v) is 7.66. The fourth-order valence-electron chi connectivity index (χ4n) is 5.34. The number of carbonyl (C=O) groups excluding carboxylic acids is 1. The van der Waals surface area contributed by atoms with Crippen LogP contribution in [0.25, 0.3) is 22.3 Å². The van der Waals surface area contributed by atoms with Crippen LogP contribution in [0.5, 0.6) is 0 Å². The van der Waals surface area contributed by atoms with E-state index in [2.05, 4.69) is 19.1 Å². The Kier molecular flexibility index (Phi) is 7.57. The summed E-state index contributed by atoms with van der Waals surface area (Å²) in [6.07, 6.45) is 3.19. The van der Waals surface area contributed by atoms with Gasteiger partial charge in [0.15, 0.2) is 0 Å². The van der Waals surface area contributed by atoms with Crippen molar-refractivity contribution in [2.45, 2.75) is 44.2 Å². The Bertz CT molecular complexity index is 1420. The smallest absolute Gasteiger partial charge is 0.251 e. The van der Waals surface area contributed by atoms with E-state index in [1.807, 2.05) is 90.0 Å². The largest absolute Gasteiger partial charge is 0.388 e. The summed E-state index contributed by atoms with van der Waals surface area (Å²) in [6.45, 7) is 3.24. The summed E-state index contributed by atoms with van der Waals surface area (Å²) in [5, 5.41) is 11.5. The highest BCUT2D eigenvalue weighted by atomic mass is 16.3. The van der Waals surface area contributed by atoms with Gasteiger partial charge in [0.2, 0.25) is 5.91 Å². The number of amides is 1. The number of aliphatic hydroxyl groups is 1. The highest BCUT2D eigenvalue weighted by Crippen LogP contribution is 2.32. The maximum Gasteiger partial charge on any atom is 0.251 e. The predicted octanol–water partition coefficient (Wildman–Crippen LogP) is 5.73. The molecule has 5 heteroatoms. The molecule has 194 valence electrons. The van der Waals surface area contributed by atoms with Crippen LogP contribution in [-0.4, -0.2) is 39.2 Å². The number of aromatic nitrogens is 1. The van der Waals surface area contributed by atoms with Gasteiger partial charge in [-0.2, -0.15) is 0 Å². The molecule has 1 aliphatic rings. The van der Waals surface area contributed by atoms with Gasteiger partial charge in [0.25, 0.3) is 5.56 Å². The molecule has 38 heavy (non-hydrogen) atoms. The van der Waals surface area contributed by atoms with Gasteiger partial charge in [-0.25, -0.2) is 0 Å². The van der Waals surface area contributed by atoms with Crippen LogP contribution in [0.15, 0.2) is 108 Å². The molecule has 1 N–H and O–H groups in total. The van der Waals surface area contributed by atoms with Crippen LogP contribution in [-0.2, 0) is 11.3 Å². The molecule has 1 saturated heterocycles. The second-order valence-corrected chi connectivity index (χ2v) is 10.4. The maximum absolute atomic E-state index is 13.2. The minimum Gasteiger partial charge on any atom is -0.388 e. The van der Waals surface area contributed by atoms with Crippen LogP contribution in [0.2, 0.25) is 0 Å². The van der Waals surface area contributed by atoms with Crippen molar-refractivity contribution in [3.8, 4) is 22.3 Å². The van der Waals surface area contributed by atoms with Crippen LogP contribution < -0.4 is 5.56 Å². The fourth-order valence-corrected chi connectivity index (χ4v) is 5.34. The third kappa shape index (κ3) is 5.79. The first-order chi connectivity index (χ1) is 18.4. The summed E-state index contributed by atoms with van der Waals surface area (Å²) in [5.74, 6) is 0.252. The molecule has 5 rings (SSSR count). The van der Waals surface area contributed by atoms with Crippen molar-refractivity contribution < 1.29 is 9.90 Å². The minimum absolute atomic E-state index is 0.110. The van der Waals surface area contributed by atoms with Gasteiger partial charge in [-0.15, -0.1) is 0 Å². The fraction of sp³-hybridized carbons (Fsp3) is 0.273. The third-order valence-electron chi connectivity index (χ3n) is 7.66. The van der Waals surface area contributed by atoms with E-state index >= 15 is 0 Å². The standard InChI is InChI=1S/C33H34N2O3/c1-25(26-11-5-2-6-12-26)21-31(36)34-19-17-33(38,18-20-34)24-35-23-30(28-15-9-4-10-16-28)29(22-32(35)37)27-13-7-3-8-14-27/h2-16,22-23,25,38H,17-21,24H2,1H3/t25-/m1/s1. The number of benzene rings is 3. The first-order valence-corrected chi connectivity index (χ1v) is 13.3. The Morgan fingerprint density at radius 2 is 1.37 bits per heavy atom. The number of carbonyl (C=O) groups is 1. The first kappa shape index (κ1) is 25.7. The lowest BCUT2D eigenvalue weighted by Gasteiger charge is -2.39. The van der Waals surface area contributed by atoms with E-state index in [1.54, 1.807) is 10.6 Å². The zero-order chi connectivity index (χ0) is 26.5.